The van der Waals surface area contributed by atoms with Gasteiger partial charge in [0.15, 0.2) is 0 Å². The Bertz CT molecular complexity index is 521. The van der Waals surface area contributed by atoms with E-state index in [0.29, 0.717) is 5.75 Å². The fourth-order valence-corrected chi connectivity index (χ4v) is 1.21. The van der Waals surface area contributed by atoms with Gasteiger partial charge in [0.25, 0.3) is 0 Å². The summed E-state index contributed by atoms with van der Waals surface area (Å²) in [5, 5.41) is 0.0633. The SMILES string of the molecule is Nc1ccc(Oc2ccnc(Cl)n2)cc1F. The molecule has 4 nitrogen and oxygen atoms in total. The van der Waals surface area contributed by atoms with Gasteiger partial charge in [0.1, 0.15) is 11.6 Å². The molecule has 0 unspecified atom stereocenters. The summed E-state index contributed by atoms with van der Waals surface area (Å²) >= 11 is 5.57. The van der Waals surface area contributed by atoms with Gasteiger partial charge in [0.2, 0.25) is 11.2 Å². The summed E-state index contributed by atoms with van der Waals surface area (Å²) in [7, 11) is 0. The van der Waals surface area contributed by atoms with Gasteiger partial charge in [0, 0.05) is 18.3 Å². The lowest BCUT2D eigenvalue weighted by Gasteiger charge is -2.05. The number of hydrogen-bond acceptors (Lipinski definition) is 4. The molecule has 0 amide bonds. The Kier molecular flexibility index (Phi) is 2.87. The smallest absolute Gasteiger partial charge is 0.225 e. The predicted molar refractivity (Wildman–Crippen MR) is 57.9 cm³/mol. The lowest BCUT2D eigenvalue weighted by Crippen LogP contribution is -1.93. The maximum atomic E-state index is 13.1. The molecule has 2 rings (SSSR count). The van der Waals surface area contributed by atoms with E-state index in [0.717, 1.165) is 0 Å². The molecule has 6 heteroatoms. The molecule has 0 saturated carbocycles. The minimum absolute atomic E-state index is 0.0630. The number of nitrogens with zero attached hydrogens (tertiary/aromatic N) is 2. The van der Waals surface area contributed by atoms with Crippen molar-refractivity contribution in [3.05, 3.63) is 41.6 Å². The molecule has 0 radical (unpaired) electrons. The maximum Gasteiger partial charge on any atom is 0.225 e. The summed E-state index contributed by atoms with van der Waals surface area (Å²) in [5.74, 6) is -0.0108. The highest BCUT2D eigenvalue weighted by atomic mass is 35.5. The Morgan fingerprint density at radius 3 is 2.81 bits per heavy atom. The zero-order chi connectivity index (χ0) is 11.5. The van der Waals surface area contributed by atoms with Gasteiger partial charge in [-0.25, -0.2) is 9.37 Å². The molecule has 1 aromatic heterocycles. The molecule has 16 heavy (non-hydrogen) atoms. The van der Waals surface area contributed by atoms with E-state index in [1.807, 2.05) is 0 Å². The van der Waals surface area contributed by atoms with E-state index in [9.17, 15) is 4.39 Å². The number of nitrogens with two attached hydrogens (primary N) is 1. The summed E-state index contributed by atoms with van der Waals surface area (Å²) in [6, 6.07) is 5.63. The Hall–Kier alpha value is -1.88. The zero-order valence-corrected chi connectivity index (χ0v) is 8.78. The second-order valence-electron chi connectivity index (χ2n) is 2.95. The van der Waals surface area contributed by atoms with Gasteiger partial charge in [0.05, 0.1) is 5.69 Å². The Balaban J connectivity index is 2.24. The van der Waals surface area contributed by atoms with Crippen LogP contribution in [0, 0.1) is 5.82 Å². The summed E-state index contributed by atoms with van der Waals surface area (Å²) in [4.78, 5) is 7.49. The average Bonchev–Trinajstić information content (AvgIpc) is 2.24. The van der Waals surface area contributed by atoms with Crippen LogP contribution in [0.4, 0.5) is 10.1 Å². The number of rotatable bonds is 2. The van der Waals surface area contributed by atoms with Gasteiger partial charge in [-0.15, -0.1) is 0 Å². The number of aromatic nitrogens is 2. The van der Waals surface area contributed by atoms with Crippen molar-refractivity contribution in [1.82, 2.24) is 9.97 Å². The molecule has 0 aliphatic carbocycles. The summed E-state index contributed by atoms with van der Waals surface area (Å²) < 4.78 is 18.4. The van der Waals surface area contributed by atoms with E-state index in [1.54, 1.807) is 0 Å². The lowest BCUT2D eigenvalue weighted by molar-refractivity contribution is 0.457. The van der Waals surface area contributed by atoms with Gasteiger partial charge >= 0.3 is 0 Å². The lowest BCUT2D eigenvalue weighted by atomic mass is 10.3. The topological polar surface area (TPSA) is 61.0 Å². The number of hydrogen-bond donors (Lipinski definition) is 1. The van der Waals surface area contributed by atoms with Crippen LogP contribution in [-0.2, 0) is 0 Å². The van der Waals surface area contributed by atoms with E-state index in [-0.39, 0.29) is 16.9 Å². The van der Waals surface area contributed by atoms with Crippen molar-refractivity contribution in [3.8, 4) is 11.6 Å². The van der Waals surface area contributed by atoms with Crippen molar-refractivity contribution in [2.24, 2.45) is 0 Å². The standard InChI is InChI=1S/C10H7ClFN3O/c11-10-14-4-3-9(15-10)16-6-1-2-8(13)7(12)5-6/h1-5H,13H2. The Morgan fingerprint density at radius 2 is 2.12 bits per heavy atom. The van der Waals surface area contributed by atoms with Crippen molar-refractivity contribution in [2.45, 2.75) is 0 Å². The van der Waals surface area contributed by atoms with Crippen LogP contribution in [0.5, 0.6) is 11.6 Å². The number of anilines is 1. The molecule has 82 valence electrons. The van der Waals surface area contributed by atoms with E-state index in [2.05, 4.69) is 9.97 Å². The molecule has 0 bridgehead atoms. The van der Waals surface area contributed by atoms with E-state index in [1.165, 1.54) is 30.5 Å². The first-order valence-corrected chi connectivity index (χ1v) is 4.74. The van der Waals surface area contributed by atoms with Crippen molar-refractivity contribution in [1.29, 1.82) is 0 Å². The molecular formula is C10H7ClFN3O. The normalized spacial score (nSPS) is 10.1. The summed E-state index contributed by atoms with van der Waals surface area (Å²) in [6.07, 6.45) is 1.44. The Morgan fingerprint density at radius 1 is 1.31 bits per heavy atom. The van der Waals surface area contributed by atoms with Crippen LogP contribution in [0.25, 0.3) is 0 Å². The molecule has 0 atom stereocenters. The molecule has 0 aliphatic heterocycles. The fraction of sp³-hybridized carbons (Fsp3) is 0. The maximum absolute atomic E-state index is 13.1. The highest BCUT2D eigenvalue weighted by molar-refractivity contribution is 6.28. The molecule has 2 N–H and O–H groups in total. The van der Waals surface area contributed by atoms with E-state index in [4.69, 9.17) is 22.1 Å². The fourth-order valence-electron chi connectivity index (χ4n) is 1.07. The van der Waals surface area contributed by atoms with Gasteiger partial charge in [-0.2, -0.15) is 4.98 Å². The third-order valence-electron chi connectivity index (χ3n) is 1.79. The molecule has 0 aliphatic rings. The largest absolute Gasteiger partial charge is 0.439 e. The molecule has 0 spiro atoms. The van der Waals surface area contributed by atoms with Crippen LogP contribution < -0.4 is 10.5 Å². The highest BCUT2D eigenvalue weighted by Crippen LogP contribution is 2.23. The minimum atomic E-state index is -0.544. The van der Waals surface area contributed by atoms with Gasteiger partial charge in [-0.1, -0.05) is 0 Å². The van der Waals surface area contributed by atoms with Gasteiger partial charge in [-0.3, -0.25) is 0 Å². The monoisotopic (exact) mass is 239 g/mol. The second-order valence-corrected chi connectivity index (χ2v) is 3.29. The molecule has 0 fully saturated rings. The number of nitrogen functional groups attached to an aromatic ring is 1. The van der Waals surface area contributed by atoms with Crippen molar-refractivity contribution >= 4 is 17.3 Å². The summed E-state index contributed by atoms with van der Waals surface area (Å²) in [6.45, 7) is 0. The van der Waals surface area contributed by atoms with Gasteiger partial charge in [-0.05, 0) is 23.7 Å². The van der Waals surface area contributed by atoms with E-state index < -0.39 is 5.82 Å². The van der Waals surface area contributed by atoms with Crippen LogP contribution in [0.1, 0.15) is 0 Å². The minimum Gasteiger partial charge on any atom is -0.439 e. The molecule has 1 aromatic carbocycles. The first-order valence-electron chi connectivity index (χ1n) is 4.36. The molecule has 2 aromatic rings. The van der Waals surface area contributed by atoms with Gasteiger partial charge < -0.3 is 10.5 Å². The number of halogens is 2. The first kappa shape index (κ1) is 10.6. The summed E-state index contributed by atoms with van der Waals surface area (Å²) in [5.41, 5.74) is 5.39. The number of ether oxygens (including phenoxy) is 1. The molecule has 1 heterocycles. The third kappa shape index (κ3) is 2.38. The Labute approximate surface area is 95.9 Å². The van der Waals surface area contributed by atoms with Crippen molar-refractivity contribution < 1.29 is 9.13 Å². The van der Waals surface area contributed by atoms with Crippen molar-refractivity contribution in [2.75, 3.05) is 5.73 Å². The second kappa shape index (κ2) is 4.32. The van der Waals surface area contributed by atoms with Crippen LogP contribution in [0.3, 0.4) is 0 Å². The van der Waals surface area contributed by atoms with E-state index >= 15 is 0 Å². The molecular weight excluding hydrogens is 233 g/mol. The van der Waals surface area contributed by atoms with Crippen LogP contribution in [-0.4, -0.2) is 9.97 Å². The highest BCUT2D eigenvalue weighted by Gasteiger charge is 2.03. The van der Waals surface area contributed by atoms with Crippen molar-refractivity contribution in [3.63, 3.8) is 0 Å². The third-order valence-corrected chi connectivity index (χ3v) is 1.98. The average molecular weight is 240 g/mol. The van der Waals surface area contributed by atoms with Crippen LogP contribution >= 0.6 is 11.6 Å². The first-order chi connectivity index (χ1) is 7.65. The zero-order valence-electron chi connectivity index (χ0n) is 8.02. The molecule has 0 saturated heterocycles. The predicted octanol–water partition coefficient (Wildman–Crippen LogP) is 2.64. The van der Waals surface area contributed by atoms with Crippen LogP contribution in [0.15, 0.2) is 30.5 Å². The quantitative estimate of drug-likeness (QED) is 0.646. The van der Waals surface area contributed by atoms with Crippen LogP contribution in [0.2, 0.25) is 5.28 Å². The number of benzene rings is 1.